The SMILES string of the molecule is CN(OS(=O)O)C(=O)CCC=O. The van der Waals surface area contributed by atoms with Gasteiger partial charge in [0.15, 0.2) is 0 Å². The number of hydrogen-bond donors (Lipinski definition) is 1. The van der Waals surface area contributed by atoms with Crippen molar-refractivity contribution in [1.82, 2.24) is 5.06 Å². The summed E-state index contributed by atoms with van der Waals surface area (Å²) in [5, 5.41) is 0.625. The monoisotopic (exact) mass is 195 g/mol. The van der Waals surface area contributed by atoms with Gasteiger partial charge in [0.2, 0.25) is 5.91 Å². The Balaban J connectivity index is 3.76. The second kappa shape index (κ2) is 5.81. The fraction of sp³-hybridized carbons (Fsp3) is 0.600. The minimum atomic E-state index is -2.51. The molecule has 6 nitrogen and oxygen atoms in total. The molecule has 0 aliphatic rings. The van der Waals surface area contributed by atoms with Crippen molar-refractivity contribution in [3.63, 3.8) is 0 Å². The second-order valence-corrected chi connectivity index (χ2v) is 2.47. The topological polar surface area (TPSA) is 83.9 Å². The summed E-state index contributed by atoms with van der Waals surface area (Å²) in [6.45, 7) is 0. The Morgan fingerprint density at radius 1 is 1.75 bits per heavy atom. The Hall–Kier alpha value is -0.790. The van der Waals surface area contributed by atoms with E-state index in [4.69, 9.17) is 4.55 Å². The molecule has 0 bridgehead atoms. The lowest BCUT2D eigenvalue weighted by molar-refractivity contribution is -0.152. The number of hydrogen-bond acceptors (Lipinski definition) is 4. The third kappa shape index (κ3) is 4.94. The van der Waals surface area contributed by atoms with Crippen LogP contribution in [0.15, 0.2) is 0 Å². The number of aldehydes is 1. The molecular weight excluding hydrogens is 186 g/mol. The third-order valence-electron chi connectivity index (χ3n) is 1.00. The summed E-state index contributed by atoms with van der Waals surface area (Å²) in [5.74, 6) is -0.524. The molecule has 0 spiro atoms. The fourth-order valence-corrected chi connectivity index (χ4v) is 0.751. The molecule has 12 heavy (non-hydrogen) atoms. The summed E-state index contributed by atoms with van der Waals surface area (Å²) < 4.78 is 22.3. The first-order chi connectivity index (χ1) is 5.57. The van der Waals surface area contributed by atoms with Crippen LogP contribution in [0.2, 0.25) is 0 Å². The lowest BCUT2D eigenvalue weighted by Gasteiger charge is -2.11. The van der Waals surface area contributed by atoms with Crippen LogP contribution in [0.4, 0.5) is 0 Å². The van der Waals surface area contributed by atoms with E-state index >= 15 is 0 Å². The van der Waals surface area contributed by atoms with E-state index in [2.05, 4.69) is 4.28 Å². The predicted molar refractivity (Wildman–Crippen MR) is 39.9 cm³/mol. The van der Waals surface area contributed by atoms with E-state index in [-0.39, 0.29) is 12.8 Å². The van der Waals surface area contributed by atoms with Gasteiger partial charge in [0.05, 0.1) is 0 Å². The summed E-state index contributed by atoms with van der Waals surface area (Å²) in [5.41, 5.74) is 0. The Bertz CT molecular complexity index is 194. The van der Waals surface area contributed by atoms with Gasteiger partial charge in [0.1, 0.15) is 6.29 Å². The van der Waals surface area contributed by atoms with Crippen LogP contribution in [0.3, 0.4) is 0 Å². The molecule has 1 N–H and O–H groups in total. The molecule has 0 aliphatic carbocycles. The number of hydroxylamine groups is 2. The van der Waals surface area contributed by atoms with E-state index in [1.807, 2.05) is 0 Å². The highest BCUT2D eigenvalue weighted by Gasteiger charge is 2.10. The van der Waals surface area contributed by atoms with Crippen LogP contribution in [0.1, 0.15) is 12.8 Å². The van der Waals surface area contributed by atoms with Crippen LogP contribution in [-0.4, -0.2) is 33.1 Å². The van der Waals surface area contributed by atoms with E-state index in [1.54, 1.807) is 0 Å². The van der Waals surface area contributed by atoms with Crippen LogP contribution >= 0.6 is 0 Å². The maximum Gasteiger partial charge on any atom is 0.325 e. The summed E-state index contributed by atoms with van der Waals surface area (Å²) in [6, 6.07) is 0. The first-order valence-electron chi connectivity index (χ1n) is 3.07. The van der Waals surface area contributed by atoms with Gasteiger partial charge in [-0.25, -0.2) is 5.06 Å². The molecule has 0 aromatic carbocycles. The number of rotatable bonds is 5. The van der Waals surface area contributed by atoms with Gasteiger partial charge in [0.25, 0.3) is 0 Å². The van der Waals surface area contributed by atoms with Gasteiger partial charge in [-0.1, -0.05) is 0 Å². The van der Waals surface area contributed by atoms with Crippen molar-refractivity contribution in [2.45, 2.75) is 12.8 Å². The smallest absolute Gasteiger partial charge is 0.303 e. The van der Waals surface area contributed by atoms with E-state index in [1.165, 1.54) is 7.05 Å². The molecule has 1 atom stereocenters. The second-order valence-electron chi connectivity index (χ2n) is 1.89. The molecule has 0 rings (SSSR count). The first kappa shape index (κ1) is 11.2. The lowest BCUT2D eigenvalue weighted by atomic mass is 10.3. The van der Waals surface area contributed by atoms with Crippen molar-refractivity contribution in [3.8, 4) is 0 Å². The molecule has 1 unspecified atom stereocenters. The van der Waals surface area contributed by atoms with Gasteiger partial charge in [-0.15, -0.1) is 4.28 Å². The van der Waals surface area contributed by atoms with Gasteiger partial charge >= 0.3 is 11.4 Å². The molecular formula is C5H9NO5S. The van der Waals surface area contributed by atoms with Crippen LogP contribution in [-0.2, 0) is 25.2 Å². The van der Waals surface area contributed by atoms with Crippen LogP contribution in [0, 0.1) is 0 Å². The van der Waals surface area contributed by atoms with Crippen molar-refractivity contribution in [2.75, 3.05) is 7.05 Å². The molecule has 0 aromatic rings. The Morgan fingerprint density at radius 3 is 2.75 bits per heavy atom. The standard InChI is InChI=1S/C5H9NO5S/c1-6(11-12(9)10)5(8)3-2-4-7/h4H,2-3H2,1H3,(H,9,10). The van der Waals surface area contributed by atoms with Crippen molar-refractivity contribution in [2.24, 2.45) is 0 Å². The Morgan fingerprint density at radius 2 is 2.33 bits per heavy atom. The molecule has 0 heterocycles. The highest BCUT2D eigenvalue weighted by atomic mass is 32.2. The lowest BCUT2D eigenvalue weighted by Crippen LogP contribution is -2.27. The number of carbonyl (C=O) groups excluding carboxylic acids is 2. The normalized spacial score (nSPS) is 12.2. The van der Waals surface area contributed by atoms with Crippen LogP contribution < -0.4 is 0 Å². The molecule has 0 radical (unpaired) electrons. The molecule has 0 fully saturated rings. The van der Waals surface area contributed by atoms with Crippen molar-refractivity contribution < 1.29 is 22.6 Å². The average Bonchev–Trinajstić information content (AvgIpc) is 1.98. The van der Waals surface area contributed by atoms with Gasteiger partial charge in [-0.3, -0.25) is 9.35 Å². The quantitative estimate of drug-likeness (QED) is 0.363. The summed E-state index contributed by atoms with van der Waals surface area (Å²) in [6.07, 6.45) is 0.628. The molecule has 0 saturated carbocycles. The minimum Gasteiger partial charge on any atom is -0.303 e. The highest BCUT2D eigenvalue weighted by molar-refractivity contribution is 7.74. The number of amides is 1. The van der Waals surface area contributed by atoms with E-state index in [0.29, 0.717) is 11.3 Å². The maximum absolute atomic E-state index is 10.8. The first-order valence-corrected chi connectivity index (χ1v) is 4.10. The molecule has 1 amide bonds. The van der Waals surface area contributed by atoms with Gasteiger partial charge < -0.3 is 4.79 Å². The van der Waals surface area contributed by atoms with Gasteiger partial charge in [0, 0.05) is 19.9 Å². The molecule has 0 saturated heterocycles. The van der Waals surface area contributed by atoms with Crippen molar-refractivity contribution in [3.05, 3.63) is 0 Å². The maximum atomic E-state index is 10.8. The van der Waals surface area contributed by atoms with Gasteiger partial charge in [-0.2, -0.15) is 4.21 Å². The van der Waals surface area contributed by atoms with Gasteiger partial charge in [-0.05, 0) is 0 Å². The summed E-state index contributed by atoms with van der Waals surface area (Å²) >= 11 is -2.51. The van der Waals surface area contributed by atoms with E-state index < -0.39 is 17.3 Å². The summed E-state index contributed by atoms with van der Waals surface area (Å²) in [7, 11) is 1.20. The predicted octanol–water partition coefficient (Wildman–Crippen LogP) is -0.508. The molecule has 70 valence electrons. The minimum absolute atomic E-state index is 0.0306. The van der Waals surface area contributed by atoms with E-state index in [9.17, 15) is 13.8 Å². The molecule has 0 aromatic heterocycles. The molecule has 0 aliphatic heterocycles. The largest absolute Gasteiger partial charge is 0.325 e. The zero-order valence-electron chi connectivity index (χ0n) is 6.43. The van der Waals surface area contributed by atoms with Crippen LogP contribution in [0.5, 0.6) is 0 Å². The summed E-state index contributed by atoms with van der Waals surface area (Å²) in [4.78, 5) is 20.7. The highest BCUT2D eigenvalue weighted by Crippen LogP contribution is 1.95. The third-order valence-corrected chi connectivity index (χ3v) is 1.35. The Kier molecular flexibility index (Phi) is 5.43. The van der Waals surface area contributed by atoms with E-state index in [0.717, 1.165) is 0 Å². The average molecular weight is 195 g/mol. The molecule has 7 heteroatoms. The van der Waals surface area contributed by atoms with Crippen molar-refractivity contribution in [1.29, 1.82) is 0 Å². The Labute approximate surface area is 71.9 Å². The van der Waals surface area contributed by atoms with Crippen molar-refractivity contribution >= 4 is 23.6 Å². The zero-order valence-corrected chi connectivity index (χ0v) is 7.24. The van der Waals surface area contributed by atoms with Crippen LogP contribution in [0.25, 0.3) is 0 Å². The fourth-order valence-electron chi connectivity index (χ4n) is 0.477. The number of nitrogens with zero attached hydrogens (tertiary/aromatic N) is 1. The zero-order chi connectivity index (χ0) is 9.56. The number of carbonyl (C=O) groups is 2.